The van der Waals surface area contributed by atoms with Crippen LogP contribution in [0.3, 0.4) is 0 Å². The summed E-state index contributed by atoms with van der Waals surface area (Å²) in [4.78, 5) is 4.05. The van der Waals surface area contributed by atoms with Crippen molar-refractivity contribution in [3.05, 3.63) is 36.1 Å². The maximum Gasteiger partial charge on any atom is 0.181 e. The first kappa shape index (κ1) is 5.47. The Morgan fingerprint density at radius 2 is 2.40 bits per heavy atom. The molecule has 0 aromatic carbocycles. The monoisotopic (exact) mass is 133 g/mol. The largest absolute Gasteiger partial charge is 0.444 e. The van der Waals surface area contributed by atoms with Gasteiger partial charge in [-0.1, -0.05) is 18.2 Å². The smallest absolute Gasteiger partial charge is 0.181 e. The number of oxazole rings is 1. The van der Waals surface area contributed by atoms with Gasteiger partial charge in [0.2, 0.25) is 0 Å². The molecule has 1 heterocycles. The molecule has 0 saturated carbocycles. The maximum absolute atomic E-state index is 5.10. The van der Waals surface area contributed by atoms with Crippen LogP contribution in [-0.4, -0.2) is 4.98 Å². The molecule has 0 bridgehead atoms. The second kappa shape index (κ2) is 2.14. The van der Waals surface area contributed by atoms with Gasteiger partial charge < -0.3 is 4.42 Å². The van der Waals surface area contributed by atoms with Gasteiger partial charge in [0.05, 0.1) is 5.69 Å². The summed E-state index contributed by atoms with van der Waals surface area (Å²) >= 11 is 0. The summed E-state index contributed by atoms with van der Waals surface area (Å²) in [5, 5.41) is 0. The highest BCUT2D eigenvalue weighted by Crippen LogP contribution is 2.12. The molecule has 1 aromatic heterocycles. The van der Waals surface area contributed by atoms with E-state index in [0.717, 1.165) is 17.9 Å². The highest BCUT2D eigenvalue weighted by molar-refractivity contribution is 5.49. The van der Waals surface area contributed by atoms with Gasteiger partial charge >= 0.3 is 0 Å². The molecule has 1 aromatic rings. The third kappa shape index (κ3) is 0.778. The lowest BCUT2D eigenvalue weighted by Crippen LogP contribution is -1.80. The third-order valence-electron chi connectivity index (χ3n) is 1.48. The Bertz CT molecular complexity index is 283. The van der Waals surface area contributed by atoms with Crippen molar-refractivity contribution in [3.63, 3.8) is 0 Å². The molecule has 2 nitrogen and oxygen atoms in total. The van der Waals surface area contributed by atoms with E-state index in [4.69, 9.17) is 4.42 Å². The minimum atomic E-state index is 0.874. The molecule has 1 aliphatic carbocycles. The first-order chi connectivity index (χ1) is 4.97. The second-order valence-corrected chi connectivity index (χ2v) is 2.15. The summed E-state index contributed by atoms with van der Waals surface area (Å²) in [6.45, 7) is 0. The van der Waals surface area contributed by atoms with Crippen LogP contribution in [0, 0.1) is 0 Å². The fourth-order valence-corrected chi connectivity index (χ4v) is 0.968. The molecule has 0 amide bonds. The quantitative estimate of drug-likeness (QED) is 0.539. The van der Waals surface area contributed by atoms with Crippen molar-refractivity contribution in [1.82, 2.24) is 4.98 Å². The van der Waals surface area contributed by atoms with Crippen molar-refractivity contribution in [2.75, 3.05) is 0 Å². The molecule has 0 fully saturated rings. The Morgan fingerprint density at radius 1 is 1.40 bits per heavy atom. The van der Waals surface area contributed by atoms with Crippen LogP contribution in [0.15, 0.2) is 29.0 Å². The van der Waals surface area contributed by atoms with Crippen LogP contribution in [0.25, 0.3) is 6.08 Å². The molecule has 10 heavy (non-hydrogen) atoms. The van der Waals surface area contributed by atoms with Crippen LogP contribution >= 0.6 is 0 Å². The van der Waals surface area contributed by atoms with E-state index >= 15 is 0 Å². The Labute approximate surface area is 58.9 Å². The Balaban J connectivity index is 2.50. The lowest BCUT2D eigenvalue weighted by atomic mass is 10.3. The van der Waals surface area contributed by atoms with Gasteiger partial charge in [-0.25, -0.2) is 4.98 Å². The van der Waals surface area contributed by atoms with Gasteiger partial charge in [-0.15, -0.1) is 0 Å². The van der Waals surface area contributed by atoms with Crippen molar-refractivity contribution in [3.8, 4) is 0 Å². The van der Waals surface area contributed by atoms with E-state index in [-0.39, 0.29) is 0 Å². The van der Waals surface area contributed by atoms with E-state index in [1.807, 2.05) is 18.2 Å². The average molecular weight is 133 g/mol. The van der Waals surface area contributed by atoms with Gasteiger partial charge in [-0.3, -0.25) is 0 Å². The maximum atomic E-state index is 5.10. The van der Waals surface area contributed by atoms with Crippen LogP contribution in [0.2, 0.25) is 0 Å². The van der Waals surface area contributed by atoms with E-state index in [2.05, 4.69) is 11.1 Å². The molecular formula is C8H7NO. The third-order valence-corrected chi connectivity index (χ3v) is 1.48. The molecule has 1 aliphatic rings. The van der Waals surface area contributed by atoms with Gasteiger partial charge in [-0.05, 0) is 6.08 Å². The minimum absolute atomic E-state index is 0.874. The van der Waals surface area contributed by atoms with E-state index < -0.39 is 0 Å². The number of hydrogen-bond acceptors (Lipinski definition) is 2. The Morgan fingerprint density at radius 3 is 3.40 bits per heavy atom. The average Bonchev–Trinajstić information content (AvgIpc) is 2.28. The van der Waals surface area contributed by atoms with Crippen molar-refractivity contribution < 1.29 is 4.42 Å². The highest BCUT2D eigenvalue weighted by Gasteiger charge is 2.03. The zero-order valence-corrected chi connectivity index (χ0v) is 5.45. The summed E-state index contributed by atoms with van der Waals surface area (Å²) in [7, 11) is 0. The van der Waals surface area contributed by atoms with Gasteiger partial charge in [0, 0.05) is 6.42 Å². The van der Waals surface area contributed by atoms with Crippen molar-refractivity contribution in [2.45, 2.75) is 6.42 Å². The van der Waals surface area contributed by atoms with E-state index in [1.54, 1.807) is 0 Å². The molecule has 0 radical (unpaired) electrons. The molecule has 0 spiro atoms. The topological polar surface area (TPSA) is 26.0 Å². The van der Waals surface area contributed by atoms with Crippen molar-refractivity contribution >= 4 is 6.08 Å². The Kier molecular flexibility index (Phi) is 1.17. The van der Waals surface area contributed by atoms with Crippen LogP contribution in [-0.2, 0) is 6.42 Å². The Hall–Kier alpha value is -1.31. The molecule has 0 unspecified atom stereocenters. The number of fused-ring (bicyclic) bond motifs is 1. The number of nitrogens with zero attached hydrogens (tertiary/aromatic N) is 1. The van der Waals surface area contributed by atoms with E-state index in [1.165, 1.54) is 6.39 Å². The molecule has 0 aliphatic heterocycles. The molecule has 50 valence electrons. The predicted octanol–water partition coefficient (Wildman–Crippen LogP) is 1.80. The van der Waals surface area contributed by atoms with Gasteiger partial charge in [-0.2, -0.15) is 0 Å². The number of rotatable bonds is 0. The first-order valence-corrected chi connectivity index (χ1v) is 3.22. The highest BCUT2D eigenvalue weighted by atomic mass is 16.3. The molecule has 0 atom stereocenters. The van der Waals surface area contributed by atoms with E-state index in [9.17, 15) is 0 Å². The van der Waals surface area contributed by atoms with E-state index in [0.29, 0.717) is 0 Å². The van der Waals surface area contributed by atoms with Crippen LogP contribution in [0.4, 0.5) is 0 Å². The lowest BCUT2D eigenvalue weighted by Gasteiger charge is -1.85. The normalized spacial score (nSPS) is 14.8. The first-order valence-electron chi connectivity index (χ1n) is 3.22. The summed E-state index contributed by atoms with van der Waals surface area (Å²) in [5.74, 6) is 0.880. The summed E-state index contributed by atoms with van der Waals surface area (Å²) in [6.07, 6.45) is 10.3. The summed E-state index contributed by atoms with van der Waals surface area (Å²) in [5.41, 5.74) is 1.02. The van der Waals surface area contributed by atoms with Gasteiger partial charge in [0.25, 0.3) is 0 Å². The predicted molar refractivity (Wildman–Crippen MR) is 38.4 cm³/mol. The van der Waals surface area contributed by atoms with Gasteiger partial charge in [0.1, 0.15) is 0 Å². The minimum Gasteiger partial charge on any atom is -0.444 e. The molecule has 2 heteroatoms. The van der Waals surface area contributed by atoms with Crippen molar-refractivity contribution in [2.24, 2.45) is 0 Å². The number of allylic oxidation sites excluding steroid dienone is 3. The zero-order chi connectivity index (χ0) is 6.81. The molecule has 0 N–H and O–H groups in total. The number of hydrogen-bond donors (Lipinski definition) is 0. The fraction of sp³-hybridized carbons (Fsp3) is 0.125. The fourth-order valence-electron chi connectivity index (χ4n) is 0.968. The van der Waals surface area contributed by atoms with Crippen LogP contribution in [0.1, 0.15) is 11.5 Å². The standard InChI is InChI=1S/C8H7NO/c1-2-4-7-8(5-3-1)10-6-9-7/h1-3,5-6H,4H2. The van der Waals surface area contributed by atoms with Crippen LogP contribution in [0.5, 0.6) is 0 Å². The zero-order valence-electron chi connectivity index (χ0n) is 5.45. The molecule has 0 saturated heterocycles. The van der Waals surface area contributed by atoms with Crippen molar-refractivity contribution in [1.29, 1.82) is 0 Å². The molecular weight excluding hydrogens is 126 g/mol. The lowest BCUT2D eigenvalue weighted by molar-refractivity contribution is 0.547. The van der Waals surface area contributed by atoms with Crippen LogP contribution < -0.4 is 0 Å². The number of aromatic nitrogens is 1. The molecule has 2 rings (SSSR count). The second-order valence-electron chi connectivity index (χ2n) is 2.15. The summed E-state index contributed by atoms with van der Waals surface area (Å²) in [6, 6.07) is 0. The SMILES string of the molecule is C1=CCc2ncoc2C=C1. The summed E-state index contributed by atoms with van der Waals surface area (Å²) < 4.78 is 5.10. The van der Waals surface area contributed by atoms with Gasteiger partial charge in [0.15, 0.2) is 12.2 Å².